The van der Waals surface area contributed by atoms with Crippen molar-refractivity contribution in [1.82, 2.24) is 15.1 Å². The summed E-state index contributed by atoms with van der Waals surface area (Å²) in [7, 11) is 0. The molecular formula is C12H21N3O2. The van der Waals surface area contributed by atoms with Gasteiger partial charge >= 0.3 is 0 Å². The Hall–Kier alpha value is -1.36. The third kappa shape index (κ3) is 5.49. The number of aromatic nitrogens is 2. The first-order valence-electron chi connectivity index (χ1n) is 6.07. The molecule has 0 fully saturated rings. The van der Waals surface area contributed by atoms with E-state index in [0.717, 1.165) is 18.7 Å². The predicted molar refractivity (Wildman–Crippen MR) is 65.7 cm³/mol. The van der Waals surface area contributed by atoms with Gasteiger partial charge in [-0.3, -0.25) is 9.48 Å². The molecule has 0 radical (unpaired) electrons. The van der Waals surface area contributed by atoms with Gasteiger partial charge in [0.1, 0.15) is 0 Å². The molecular weight excluding hydrogens is 218 g/mol. The number of ether oxygens (including phenoxy) is 1. The van der Waals surface area contributed by atoms with E-state index in [2.05, 4.69) is 10.4 Å². The molecule has 1 rings (SSSR count). The summed E-state index contributed by atoms with van der Waals surface area (Å²) in [5.41, 5.74) is 1.08. The second-order valence-electron chi connectivity index (χ2n) is 3.85. The van der Waals surface area contributed by atoms with Gasteiger partial charge in [0.2, 0.25) is 5.91 Å². The van der Waals surface area contributed by atoms with Gasteiger partial charge in [0.15, 0.2) is 0 Å². The molecule has 5 heteroatoms. The first-order valence-corrected chi connectivity index (χ1v) is 6.07. The lowest BCUT2D eigenvalue weighted by molar-refractivity contribution is -0.121. The molecule has 0 spiro atoms. The zero-order chi connectivity index (χ0) is 12.5. The zero-order valence-electron chi connectivity index (χ0n) is 10.6. The van der Waals surface area contributed by atoms with Crippen molar-refractivity contribution in [1.29, 1.82) is 0 Å². The molecule has 1 aromatic rings. The van der Waals surface area contributed by atoms with Crippen LogP contribution in [0.5, 0.6) is 0 Å². The Morgan fingerprint density at radius 2 is 2.41 bits per heavy atom. The molecule has 0 aliphatic carbocycles. The van der Waals surface area contributed by atoms with Crippen LogP contribution in [0.15, 0.2) is 12.3 Å². The number of nitrogens with one attached hydrogen (secondary N) is 1. The highest BCUT2D eigenvalue weighted by Crippen LogP contribution is 1.97. The highest BCUT2D eigenvalue weighted by molar-refractivity contribution is 5.75. The first-order chi connectivity index (χ1) is 8.24. The maximum atomic E-state index is 11.5. The minimum Gasteiger partial charge on any atom is -0.382 e. The van der Waals surface area contributed by atoms with Crippen LogP contribution in [0.4, 0.5) is 0 Å². The number of amides is 1. The largest absolute Gasteiger partial charge is 0.382 e. The molecule has 17 heavy (non-hydrogen) atoms. The summed E-state index contributed by atoms with van der Waals surface area (Å²) in [5, 5.41) is 6.99. The number of carbonyl (C=O) groups excluding carboxylic acids is 1. The van der Waals surface area contributed by atoms with Crippen molar-refractivity contribution in [3.05, 3.63) is 18.0 Å². The first kappa shape index (κ1) is 13.7. The van der Waals surface area contributed by atoms with Crippen molar-refractivity contribution in [2.75, 3.05) is 19.8 Å². The average molecular weight is 239 g/mol. The van der Waals surface area contributed by atoms with E-state index in [0.29, 0.717) is 26.1 Å². The summed E-state index contributed by atoms with van der Waals surface area (Å²) < 4.78 is 7.02. The smallest absolute Gasteiger partial charge is 0.221 e. The quantitative estimate of drug-likeness (QED) is 0.692. The molecule has 0 saturated heterocycles. The van der Waals surface area contributed by atoms with Crippen LogP contribution in [-0.4, -0.2) is 35.4 Å². The Bertz CT molecular complexity index is 336. The number of hydrogen-bond donors (Lipinski definition) is 1. The predicted octanol–water partition coefficient (Wildman–Crippen LogP) is 1.12. The molecule has 0 unspecified atom stereocenters. The lowest BCUT2D eigenvalue weighted by Gasteiger charge is -2.06. The minimum atomic E-state index is 0.0661. The van der Waals surface area contributed by atoms with Gasteiger partial charge in [-0.2, -0.15) is 5.10 Å². The summed E-state index contributed by atoms with van der Waals surface area (Å²) in [6.07, 6.45) is 3.08. The Balaban J connectivity index is 2.07. The van der Waals surface area contributed by atoms with Gasteiger partial charge in [0.25, 0.3) is 0 Å². The van der Waals surface area contributed by atoms with Crippen LogP contribution in [-0.2, 0) is 16.1 Å². The molecule has 1 amide bonds. The molecule has 0 aliphatic heterocycles. The Morgan fingerprint density at radius 1 is 1.59 bits per heavy atom. The second kappa shape index (κ2) is 7.84. The standard InChI is InChI=1S/C12H21N3O2/c1-3-17-10-4-7-13-12(16)6-9-15-11(2)5-8-14-15/h5,8H,3-4,6-7,9-10H2,1-2H3,(H,13,16). The van der Waals surface area contributed by atoms with Gasteiger partial charge in [-0.1, -0.05) is 0 Å². The van der Waals surface area contributed by atoms with E-state index in [1.165, 1.54) is 0 Å². The van der Waals surface area contributed by atoms with Gasteiger partial charge in [0, 0.05) is 44.6 Å². The number of hydrogen-bond acceptors (Lipinski definition) is 3. The van der Waals surface area contributed by atoms with Crippen molar-refractivity contribution in [3.8, 4) is 0 Å². The number of carbonyl (C=O) groups is 1. The van der Waals surface area contributed by atoms with E-state index < -0.39 is 0 Å². The Morgan fingerprint density at radius 3 is 3.06 bits per heavy atom. The second-order valence-corrected chi connectivity index (χ2v) is 3.85. The molecule has 0 atom stereocenters. The van der Waals surface area contributed by atoms with Crippen molar-refractivity contribution < 1.29 is 9.53 Å². The van der Waals surface area contributed by atoms with E-state index in [-0.39, 0.29) is 5.91 Å². The van der Waals surface area contributed by atoms with Crippen LogP contribution in [0.1, 0.15) is 25.5 Å². The normalized spacial score (nSPS) is 10.5. The van der Waals surface area contributed by atoms with Gasteiger partial charge in [-0.05, 0) is 26.3 Å². The van der Waals surface area contributed by atoms with Crippen molar-refractivity contribution in [3.63, 3.8) is 0 Å². The van der Waals surface area contributed by atoms with Gasteiger partial charge in [-0.15, -0.1) is 0 Å². The maximum absolute atomic E-state index is 11.5. The molecule has 1 N–H and O–H groups in total. The maximum Gasteiger partial charge on any atom is 0.221 e. The number of aryl methyl sites for hydroxylation is 2. The summed E-state index contributed by atoms with van der Waals surface area (Å²) >= 11 is 0. The number of nitrogens with zero attached hydrogens (tertiary/aromatic N) is 2. The van der Waals surface area contributed by atoms with Crippen molar-refractivity contribution in [2.24, 2.45) is 0 Å². The molecule has 0 bridgehead atoms. The third-order valence-electron chi connectivity index (χ3n) is 2.47. The summed E-state index contributed by atoms with van der Waals surface area (Å²) in [6.45, 7) is 6.69. The average Bonchev–Trinajstić information content (AvgIpc) is 2.72. The molecule has 0 aliphatic rings. The van der Waals surface area contributed by atoms with E-state index in [9.17, 15) is 4.79 Å². The molecule has 1 aromatic heterocycles. The van der Waals surface area contributed by atoms with Gasteiger partial charge in [-0.25, -0.2) is 0 Å². The number of rotatable bonds is 8. The summed E-state index contributed by atoms with van der Waals surface area (Å²) in [5.74, 6) is 0.0661. The van der Waals surface area contributed by atoms with E-state index >= 15 is 0 Å². The Labute approximate surface area is 102 Å². The van der Waals surface area contributed by atoms with Crippen molar-refractivity contribution in [2.45, 2.75) is 33.2 Å². The Kier molecular flexibility index (Phi) is 6.32. The molecule has 0 aromatic carbocycles. The molecule has 0 saturated carbocycles. The van der Waals surface area contributed by atoms with Crippen LogP contribution >= 0.6 is 0 Å². The van der Waals surface area contributed by atoms with Crippen LogP contribution in [0.25, 0.3) is 0 Å². The summed E-state index contributed by atoms with van der Waals surface area (Å²) in [4.78, 5) is 11.5. The lowest BCUT2D eigenvalue weighted by Crippen LogP contribution is -2.26. The van der Waals surface area contributed by atoms with E-state index in [4.69, 9.17) is 4.74 Å². The topological polar surface area (TPSA) is 56.1 Å². The molecule has 5 nitrogen and oxygen atoms in total. The SMILES string of the molecule is CCOCCCNC(=O)CCn1nccc1C. The summed E-state index contributed by atoms with van der Waals surface area (Å²) in [6, 6.07) is 1.93. The fourth-order valence-electron chi connectivity index (χ4n) is 1.48. The third-order valence-corrected chi connectivity index (χ3v) is 2.47. The van der Waals surface area contributed by atoms with E-state index in [1.807, 2.05) is 24.6 Å². The lowest BCUT2D eigenvalue weighted by atomic mass is 10.3. The fraction of sp³-hybridized carbons (Fsp3) is 0.667. The van der Waals surface area contributed by atoms with Crippen molar-refractivity contribution >= 4 is 5.91 Å². The van der Waals surface area contributed by atoms with E-state index in [1.54, 1.807) is 6.20 Å². The monoisotopic (exact) mass is 239 g/mol. The van der Waals surface area contributed by atoms with Gasteiger partial charge in [0.05, 0.1) is 0 Å². The van der Waals surface area contributed by atoms with Crippen LogP contribution in [0.3, 0.4) is 0 Å². The zero-order valence-corrected chi connectivity index (χ0v) is 10.6. The highest BCUT2D eigenvalue weighted by Gasteiger charge is 2.02. The van der Waals surface area contributed by atoms with Crippen LogP contribution in [0, 0.1) is 6.92 Å². The molecule has 96 valence electrons. The van der Waals surface area contributed by atoms with Crippen LogP contribution < -0.4 is 5.32 Å². The minimum absolute atomic E-state index is 0.0661. The van der Waals surface area contributed by atoms with Crippen LogP contribution in [0.2, 0.25) is 0 Å². The fourth-order valence-corrected chi connectivity index (χ4v) is 1.48. The molecule has 1 heterocycles. The highest BCUT2D eigenvalue weighted by atomic mass is 16.5. The van der Waals surface area contributed by atoms with Gasteiger partial charge < -0.3 is 10.1 Å².